The van der Waals surface area contributed by atoms with Crippen LogP contribution in [0, 0.1) is 40.4 Å². The highest BCUT2D eigenvalue weighted by Gasteiger charge is 2.58. The average molecular weight is 509 g/mol. The lowest BCUT2D eigenvalue weighted by Crippen LogP contribution is -2.44. The van der Waals surface area contributed by atoms with Gasteiger partial charge in [-0.3, -0.25) is 0 Å². The summed E-state index contributed by atoms with van der Waals surface area (Å²) in [6, 6.07) is 5.69. The molecule has 0 amide bonds. The molecule has 4 fully saturated rings. The molecule has 4 saturated carbocycles. The monoisotopic (exact) mass is 508 g/mol. The number of hydrogen-bond acceptors (Lipinski definition) is 3. The smallest absolute Gasteiger partial charge is 0.142 e. The Morgan fingerprint density at radius 2 is 1.84 bits per heavy atom. The second kappa shape index (κ2) is 11.6. The van der Waals surface area contributed by atoms with Crippen molar-refractivity contribution in [3.05, 3.63) is 29.8 Å². The maximum Gasteiger partial charge on any atom is 0.142 e. The number of benzene rings is 1. The first kappa shape index (κ1) is 28.4. The SMILES string of the molecule is CC.CC(C)=CCCC(C)C1CCC2C3CCC4CC(Oc5ccc(N)cc5N)CCC4(CCC12C)C3. The number of hydrogen-bond donors (Lipinski definition) is 2. The Morgan fingerprint density at radius 1 is 1.05 bits per heavy atom. The summed E-state index contributed by atoms with van der Waals surface area (Å²) in [5.41, 5.74) is 16.1. The summed E-state index contributed by atoms with van der Waals surface area (Å²) in [4.78, 5) is 0. The fraction of sp³-hybridized carbons (Fsp3) is 0.765. The molecule has 2 bridgehead atoms. The second-order valence-corrected chi connectivity index (χ2v) is 13.5. The Bertz CT molecular complexity index is 936. The van der Waals surface area contributed by atoms with Gasteiger partial charge in [0.25, 0.3) is 0 Å². The molecule has 0 aromatic heterocycles. The van der Waals surface area contributed by atoms with Crippen molar-refractivity contribution < 1.29 is 4.74 Å². The standard InChI is InChI=1S/C32H50N2O.C2H6/c1-21(2)6-5-7-22(3)27-11-12-28-23-8-9-24-18-26(35-30-13-10-25(33)19-29(30)34)14-15-32(24,20-23)17-16-31(27,28)4;1-2/h6,10,13,19,22-24,26-28H,5,7-9,11-12,14-18,20,33-34H2,1-4H3;1-2H3. The summed E-state index contributed by atoms with van der Waals surface area (Å²) in [6.45, 7) is 13.8. The highest BCUT2D eigenvalue weighted by molar-refractivity contribution is 5.60. The first-order valence-corrected chi connectivity index (χ1v) is 15.7. The molecule has 0 saturated heterocycles. The van der Waals surface area contributed by atoms with Crippen molar-refractivity contribution in [3.63, 3.8) is 0 Å². The van der Waals surface area contributed by atoms with Gasteiger partial charge in [0.1, 0.15) is 5.75 Å². The molecule has 5 rings (SSSR count). The van der Waals surface area contributed by atoms with Crippen molar-refractivity contribution in [1.29, 1.82) is 0 Å². The van der Waals surface area contributed by atoms with E-state index in [1.165, 1.54) is 82.6 Å². The van der Waals surface area contributed by atoms with Crippen LogP contribution in [0.4, 0.5) is 11.4 Å². The summed E-state index contributed by atoms with van der Waals surface area (Å²) in [6.07, 6.45) is 19.3. The van der Waals surface area contributed by atoms with Crippen LogP contribution in [-0.2, 0) is 0 Å². The van der Waals surface area contributed by atoms with Crippen molar-refractivity contribution in [2.24, 2.45) is 40.4 Å². The molecule has 1 aromatic rings. The van der Waals surface area contributed by atoms with E-state index in [-0.39, 0.29) is 0 Å². The molecule has 1 aromatic carbocycles. The largest absolute Gasteiger partial charge is 0.488 e. The lowest BCUT2D eigenvalue weighted by atomic mass is 9.55. The van der Waals surface area contributed by atoms with Gasteiger partial charge in [0.05, 0.1) is 11.8 Å². The van der Waals surface area contributed by atoms with E-state index in [9.17, 15) is 0 Å². The quantitative estimate of drug-likeness (QED) is 0.297. The maximum absolute atomic E-state index is 6.47. The first-order chi connectivity index (χ1) is 17.7. The molecule has 4 aliphatic rings. The van der Waals surface area contributed by atoms with Gasteiger partial charge in [-0.2, -0.15) is 0 Å². The van der Waals surface area contributed by atoms with Crippen LogP contribution in [0.2, 0.25) is 0 Å². The topological polar surface area (TPSA) is 61.3 Å². The molecular weight excluding hydrogens is 452 g/mol. The third-order valence-corrected chi connectivity index (χ3v) is 11.3. The van der Waals surface area contributed by atoms with Gasteiger partial charge in [-0.15, -0.1) is 0 Å². The first-order valence-electron chi connectivity index (χ1n) is 15.7. The molecule has 0 heterocycles. The third kappa shape index (κ3) is 5.71. The van der Waals surface area contributed by atoms with Gasteiger partial charge in [-0.1, -0.05) is 39.3 Å². The molecule has 3 heteroatoms. The lowest BCUT2D eigenvalue weighted by Gasteiger charge is -2.51. The fourth-order valence-corrected chi connectivity index (χ4v) is 9.53. The van der Waals surface area contributed by atoms with E-state index in [1.807, 2.05) is 32.0 Å². The molecule has 3 nitrogen and oxygen atoms in total. The fourth-order valence-electron chi connectivity index (χ4n) is 9.53. The van der Waals surface area contributed by atoms with Gasteiger partial charge < -0.3 is 16.2 Å². The normalized spacial score (nSPS) is 37.2. The van der Waals surface area contributed by atoms with Gasteiger partial charge in [0.2, 0.25) is 0 Å². The third-order valence-electron chi connectivity index (χ3n) is 11.3. The number of fused-ring (bicyclic) bond motifs is 3. The zero-order chi connectivity index (χ0) is 26.8. The summed E-state index contributed by atoms with van der Waals surface area (Å²) in [5, 5.41) is 0. The average Bonchev–Trinajstić information content (AvgIpc) is 3.18. The van der Waals surface area contributed by atoms with Crippen LogP contribution in [0.1, 0.15) is 119 Å². The number of anilines is 2. The molecule has 37 heavy (non-hydrogen) atoms. The van der Waals surface area contributed by atoms with E-state index in [4.69, 9.17) is 16.2 Å². The molecule has 0 aliphatic heterocycles. The minimum Gasteiger partial charge on any atom is -0.488 e. The van der Waals surface area contributed by atoms with E-state index in [2.05, 4.69) is 33.8 Å². The Kier molecular flexibility index (Phi) is 8.91. The molecular formula is C34H56N2O. The molecule has 8 unspecified atom stereocenters. The van der Waals surface area contributed by atoms with Crippen molar-refractivity contribution >= 4 is 11.4 Å². The zero-order valence-corrected chi connectivity index (χ0v) is 24.8. The van der Waals surface area contributed by atoms with Gasteiger partial charge >= 0.3 is 0 Å². The van der Waals surface area contributed by atoms with E-state index >= 15 is 0 Å². The van der Waals surface area contributed by atoms with Gasteiger partial charge in [-0.25, -0.2) is 0 Å². The van der Waals surface area contributed by atoms with E-state index in [0.29, 0.717) is 28.3 Å². The van der Waals surface area contributed by atoms with Crippen molar-refractivity contribution in [2.45, 2.75) is 125 Å². The van der Waals surface area contributed by atoms with Crippen molar-refractivity contribution in [3.8, 4) is 5.75 Å². The van der Waals surface area contributed by atoms with Crippen LogP contribution in [-0.4, -0.2) is 6.10 Å². The summed E-state index contributed by atoms with van der Waals surface area (Å²) < 4.78 is 6.47. The maximum atomic E-state index is 6.47. The lowest BCUT2D eigenvalue weighted by molar-refractivity contribution is -0.0336. The summed E-state index contributed by atoms with van der Waals surface area (Å²) in [5.74, 6) is 5.33. The number of nitrogens with two attached hydrogens (primary N) is 2. The number of nitrogen functional groups attached to an aromatic ring is 2. The molecule has 208 valence electrons. The highest BCUT2D eigenvalue weighted by Crippen LogP contribution is 2.67. The van der Waals surface area contributed by atoms with Crippen LogP contribution in [0.5, 0.6) is 5.75 Å². The van der Waals surface area contributed by atoms with Gasteiger partial charge in [0, 0.05) is 5.69 Å². The van der Waals surface area contributed by atoms with Crippen LogP contribution in [0.15, 0.2) is 29.8 Å². The zero-order valence-electron chi connectivity index (χ0n) is 24.8. The summed E-state index contributed by atoms with van der Waals surface area (Å²) in [7, 11) is 0. The Balaban J connectivity index is 0.00000156. The molecule has 8 atom stereocenters. The Hall–Kier alpha value is -1.64. The number of rotatable bonds is 6. The minimum atomic E-state index is 0.300. The van der Waals surface area contributed by atoms with Crippen LogP contribution in [0.3, 0.4) is 0 Å². The van der Waals surface area contributed by atoms with E-state index in [1.54, 1.807) is 0 Å². The Labute approximate surface area is 228 Å². The van der Waals surface area contributed by atoms with E-state index in [0.717, 1.165) is 35.3 Å². The van der Waals surface area contributed by atoms with E-state index < -0.39 is 0 Å². The van der Waals surface area contributed by atoms with Gasteiger partial charge in [-0.05, 0) is 150 Å². The van der Waals surface area contributed by atoms with Gasteiger partial charge in [0.15, 0.2) is 0 Å². The van der Waals surface area contributed by atoms with Crippen molar-refractivity contribution in [1.82, 2.24) is 0 Å². The molecule has 0 radical (unpaired) electrons. The van der Waals surface area contributed by atoms with Crippen LogP contribution < -0.4 is 16.2 Å². The number of ether oxygens (including phenoxy) is 1. The predicted octanol–water partition coefficient (Wildman–Crippen LogP) is 9.42. The molecule has 4 aliphatic carbocycles. The summed E-state index contributed by atoms with van der Waals surface area (Å²) >= 11 is 0. The predicted molar refractivity (Wildman–Crippen MR) is 160 cm³/mol. The van der Waals surface area contributed by atoms with Crippen LogP contribution >= 0.6 is 0 Å². The second-order valence-electron chi connectivity index (χ2n) is 13.5. The minimum absolute atomic E-state index is 0.300. The van der Waals surface area contributed by atoms with Crippen LogP contribution in [0.25, 0.3) is 0 Å². The highest BCUT2D eigenvalue weighted by atomic mass is 16.5. The molecule has 4 N–H and O–H groups in total. The molecule has 1 spiro atoms. The van der Waals surface area contributed by atoms with Crippen molar-refractivity contribution in [2.75, 3.05) is 11.5 Å². The number of allylic oxidation sites excluding steroid dienone is 2. The Morgan fingerprint density at radius 3 is 2.57 bits per heavy atom.